The number of benzene rings is 1. The maximum absolute atomic E-state index is 11.3. The van der Waals surface area contributed by atoms with Crippen LogP contribution in [-0.2, 0) is 0 Å². The summed E-state index contributed by atoms with van der Waals surface area (Å²) in [5, 5.41) is 1.52. The van der Waals surface area contributed by atoms with Crippen LogP contribution in [0.5, 0.6) is 0 Å². The van der Waals surface area contributed by atoms with Crippen molar-refractivity contribution in [1.29, 1.82) is 0 Å². The summed E-state index contributed by atoms with van der Waals surface area (Å²) in [5.74, 6) is 0.751. The molecular weight excluding hydrogens is 286 g/mol. The standard InChI is InChI=1S/C15H15N3O4/c1-7(2)14-13(17-18-15(16)20)9-5-8-3-4-12(19)21-10(8)6-11(9)22-14/h3-7,17H,1-2H3,(H3,16,18,20). The number of hydrazine groups is 1. The van der Waals surface area contributed by atoms with Crippen LogP contribution in [0.3, 0.4) is 0 Å². The van der Waals surface area contributed by atoms with E-state index in [0.717, 1.165) is 10.8 Å². The zero-order valence-electron chi connectivity index (χ0n) is 12.1. The molecule has 2 heterocycles. The molecule has 4 N–H and O–H groups in total. The Morgan fingerprint density at radius 1 is 1.18 bits per heavy atom. The summed E-state index contributed by atoms with van der Waals surface area (Å²) >= 11 is 0. The van der Waals surface area contributed by atoms with Crippen LogP contribution in [0.15, 0.2) is 37.9 Å². The lowest BCUT2D eigenvalue weighted by atomic mass is 10.1. The highest BCUT2D eigenvalue weighted by Gasteiger charge is 2.18. The maximum Gasteiger partial charge on any atom is 0.336 e. The quantitative estimate of drug-likeness (QED) is 0.509. The smallest absolute Gasteiger partial charge is 0.336 e. The summed E-state index contributed by atoms with van der Waals surface area (Å²) in [6, 6.07) is 5.82. The van der Waals surface area contributed by atoms with Gasteiger partial charge in [0.15, 0.2) is 0 Å². The highest BCUT2D eigenvalue weighted by Crippen LogP contribution is 2.37. The largest absolute Gasteiger partial charge is 0.458 e. The van der Waals surface area contributed by atoms with Crippen LogP contribution in [0.4, 0.5) is 10.5 Å². The Morgan fingerprint density at radius 3 is 2.64 bits per heavy atom. The summed E-state index contributed by atoms with van der Waals surface area (Å²) in [6.07, 6.45) is 0. The van der Waals surface area contributed by atoms with E-state index in [0.29, 0.717) is 22.6 Å². The summed E-state index contributed by atoms with van der Waals surface area (Å²) in [5.41, 5.74) is 11.4. The predicted molar refractivity (Wildman–Crippen MR) is 82.7 cm³/mol. The van der Waals surface area contributed by atoms with Crippen LogP contribution >= 0.6 is 0 Å². The van der Waals surface area contributed by atoms with Crippen LogP contribution < -0.4 is 22.2 Å². The Bertz CT molecular complexity index is 924. The molecule has 3 rings (SSSR count). The lowest BCUT2D eigenvalue weighted by molar-refractivity contribution is 0.250. The number of rotatable bonds is 3. The average Bonchev–Trinajstić information content (AvgIpc) is 2.80. The molecule has 0 fully saturated rings. The van der Waals surface area contributed by atoms with Gasteiger partial charge in [-0.05, 0) is 12.1 Å². The van der Waals surface area contributed by atoms with Gasteiger partial charge in [-0.1, -0.05) is 13.8 Å². The van der Waals surface area contributed by atoms with Crippen molar-refractivity contribution in [2.24, 2.45) is 5.73 Å². The fraction of sp³-hybridized carbons (Fsp3) is 0.200. The molecule has 0 aliphatic carbocycles. The minimum atomic E-state index is -0.698. The molecule has 0 spiro atoms. The number of anilines is 1. The molecule has 0 saturated carbocycles. The number of nitrogens with one attached hydrogen (secondary N) is 2. The zero-order chi connectivity index (χ0) is 15.9. The second-order valence-electron chi connectivity index (χ2n) is 5.25. The average molecular weight is 301 g/mol. The number of hydrogen-bond donors (Lipinski definition) is 3. The molecule has 2 amide bonds. The molecule has 0 radical (unpaired) electrons. The number of hydrogen-bond acceptors (Lipinski definition) is 5. The van der Waals surface area contributed by atoms with Crippen molar-refractivity contribution in [2.45, 2.75) is 19.8 Å². The first kappa shape index (κ1) is 14.0. The molecular formula is C15H15N3O4. The van der Waals surface area contributed by atoms with Crippen LogP contribution in [0.25, 0.3) is 21.9 Å². The first-order valence-electron chi connectivity index (χ1n) is 6.77. The van der Waals surface area contributed by atoms with Crippen molar-refractivity contribution in [3.63, 3.8) is 0 Å². The van der Waals surface area contributed by atoms with Gasteiger partial charge in [0.05, 0.1) is 0 Å². The molecule has 0 aliphatic heterocycles. The fourth-order valence-electron chi connectivity index (χ4n) is 2.34. The second-order valence-corrected chi connectivity index (χ2v) is 5.25. The molecule has 0 bridgehead atoms. The fourth-order valence-corrected chi connectivity index (χ4v) is 2.34. The summed E-state index contributed by atoms with van der Waals surface area (Å²) in [7, 11) is 0. The first-order chi connectivity index (χ1) is 10.5. The Labute approximate surface area is 125 Å². The van der Waals surface area contributed by atoms with Gasteiger partial charge in [-0.15, -0.1) is 0 Å². The van der Waals surface area contributed by atoms with Crippen molar-refractivity contribution in [1.82, 2.24) is 5.43 Å². The molecule has 0 aliphatic rings. The third-order valence-corrected chi connectivity index (χ3v) is 3.29. The third-order valence-electron chi connectivity index (χ3n) is 3.29. The molecule has 1 aromatic carbocycles. The van der Waals surface area contributed by atoms with E-state index in [1.54, 1.807) is 12.1 Å². The van der Waals surface area contributed by atoms with Gasteiger partial charge >= 0.3 is 11.7 Å². The van der Waals surface area contributed by atoms with Crippen molar-refractivity contribution in [3.8, 4) is 0 Å². The van der Waals surface area contributed by atoms with Gasteiger partial charge in [0.1, 0.15) is 22.6 Å². The highest BCUT2D eigenvalue weighted by atomic mass is 16.4. The molecule has 0 unspecified atom stereocenters. The number of carbonyl (C=O) groups excluding carboxylic acids is 1. The second kappa shape index (κ2) is 5.10. The Kier molecular flexibility index (Phi) is 3.25. The van der Waals surface area contributed by atoms with Gasteiger partial charge in [0, 0.05) is 28.8 Å². The van der Waals surface area contributed by atoms with Crippen LogP contribution in [-0.4, -0.2) is 6.03 Å². The molecule has 22 heavy (non-hydrogen) atoms. The van der Waals surface area contributed by atoms with Gasteiger partial charge < -0.3 is 14.6 Å². The van der Waals surface area contributed by atoms with E-state index in [1.807, 2.05) is 19.9 Å². The van der Waals surface area contributed by atoms with E-state index >= 15 is 0 Å². The Hall–Kier alpha value is -2.96. The first-order valence-corrected chi connectivity index (χ1v) is 6.77. The molecule has 114 valence electrons. The topological polar surface area (TPSA) is 110 Å². The van der Waals surface area contributed by atoms with E-state index < -0.39 is 11.7 Å². The van der Waals surface area contributed by atoms with Crippen molar-refractivity contribution < 1.29 is 13.6 Å². The number of furan rings is 1. The van der Waals surface area contributed by atoms with Crippen LogP contribution in [0.1, 0.15) is 25.5 Å². The van der Waals surface area contributed by atoms with Crippen LogP contribution in [0, 0.1) is 0 Å². The van der Waals surface area contributed by atoms with E-state index in [-0.39, 0.29) is 5.92 Å². The minimum absolute atomic E-state index is 0.0831. The Morgan fingerprint density at radius 2 is 1.95 bits per heavy atom. The number of fused-ring (bicyclic) bond motifs is 2. The van der Waals surface area contributed by atoms with Crippen molar-refractivity contribution >= 4 is 33.7 Å². The summed E-state index contributed by atoms with van der Waals surface area (Å²) in [4.78, 5) is 22.2. The predicted octanol–water partition coefficient (Wildman–Crippen LogP) is 2.66. The zero-order valence-corrected chi connectivity index (χ0v) is 12.1. The third kappa shape index (κ3) is 2.37. The number of amides is 2. The van der Waals surface area contributed by atoms with Gasteiger partial charge in [-0.3, -0.25) is 10.9 Å². The summed E-state index contributed by atoms with van der Waals surface area (Å²) in [6.45, 7) is 3.93. The van der Waals surface area contributed by atoms with E-state index in [2.05, 4.69) is 10.9 Å². The van der Waals surface area contributed by atoms with E-state index in [4.69, 9.17) is 14.6 Å². The number of primary amides is 1. The van der Waals surface area contributed by atoms with Crippen molar-refractivity contribution in [3.05, 3.63) is 40.4 Å². The number of carbonyl (C=O) groups is 1. The Balaban J connectivity index is 2.25. The normalized spacial score (nSPS) is 11.2. The maximum atomic E-state index is 11.3. The van der Waals surface area contributed by atoms with Gasteiger partial charge in [-0.2, -0.15) is 0 Å². The van der Waals surface area contributed by atoms with Gasteiger partial charge in [0.25, 0.3) is 0 Å². The van der Waals surface area contributed by atoms with Crippen molar-refractivity contribution in [2.75, 3.05) is 5.43 Å². The monoisotopic (exact) mass is 301 g/mol. The number of urea groups is 1. The molecule has 0 atom stereocenters. The minimum Gasteiger partial charge on any atom is -0.458 e. The van der Waals surface area contributed by atoms with E-state index in [1.165, 1.54) is 6.07 Å². The summed E-state index contributed by atoms with van der Waals surface area (Å²) < 4.78 is 11.0. The molecule has 0 saturated heterocycles. The van der Waals surface area contributed by atoms with Gasteiger partial charge in [0.2, 0.25) is 0 Å². The molecule has 7 nitrogen and oxygen atoms in total. The molecule has 2 aromatic heterocycles. The molecule has 7 heteroatoms. The van der Waals surface area contributed by atoms with Gasteiger partial charge in [-0.25, -0.2) is 9.59 Å². The van der Waals surface area contributed by atoms with E-state index in [9.17, 15) is 9.59 Å². The highest BCUT2D eigenvalue weighted by molar-refractivity contribution is 6.01. The molecule has 3 aromatic rings. The van der Waals surface area contributed by atoms with Crippen LogP contribution in [0.2, 0.25) is 0 Å². The lowest BCUT2D eigenvalue weighted by Crippen LogP contribution is -2.34. The lowest BCUT2D eigenvalue weighted by Gasteiger charge is -2.08. The number of nitrogens with two attached hydrogens (primary N) is 1. The SMILES string of the molecule is CC(C)c1oc2cc3oc(=O)ccc3cc2c1NNC(N)=O.